The van der Waals surface area contributed by atoms with Crippen LogP contribution in [0.2, 0.25) is 0 Å². The predicted molar refractivity (Wildman–Crippen MR) is 113 cm³/mol. The maximum Gasteiger partial charge on any atom is 0.275 e. The van der Waals surface area contributed by atoms with E-state index < -0.39 is 17.5 Å². The average molecular weight is 429 g/mol. The molecular weight excluding hydrogens is 406 g/mol. The summed E-state index contributed by atoms with van der Waals surface area (Å²) in [5.74, 6) is -1.13. The first kappa shape index (κ1) is 20.6. The van der Waals surface area contributed by atoms with Crippen molar-refractivity contribution >= 4 is 22.9 Å². The van der Waals surface area contributed by atoms with Gasteiger partial charge in [0.2, 0.25) is 0 Å². The maximum atomic E-state index is 14.0. The Hall–Kier alpha value is -2.71. The van der Waals surface area contributed by atoms with Crippen LogP contribution in [0.1, 0.15) is 48.2 Å². The summed E-state index contributed by atoms with van der Waals surface area (Å²) in [7, 11) is 0. The van der Waals surface area contributed by atoms with E-state index >= 15 is 0 Å². The number of pyridine rings is 1. The fourth-order valence-corrected chi connectivity index (χ4v) is 5.00. The third-order valence-electron chi connectivity index (χ3n) is 5.44. The third kappa shape index (κ3) is 4.24. The molecule has 3 N–H and O–H groups in total. The normalized spacial score (nSPS) is 21.4. The van der Waals surface area contributed by atoms with Crippen molar-refractivity contribution in [1.82, 2.24) is 9.97 Å². The standard InChI is InChI=1S/C22H22F2N4OS/c1-12-7-13(9-14(25)8-12)15-5-6-26-10-18(15)27-21(29)19-11-30-22(28-19)20-16(23)3-2-4-17(20)24/h2-6,10-14H,7-9,25H2,1H3,(H,27,29)/t12-,13+,14+/m1/s1. The fourth-order valence-electron chi connectivity index (χ4n) is 4.16. The van der Waals surface area contributed by atoms with E-state index in [9.17, 15) is 13.6 Å². The molecule has 5 nitrogen and oxygen atoms in total. The summed E-state index contributed by atoms with van der Waals surface area (Å²) in [6, 6.07) is 5.66. The van der Waals surface area contributed by atoms with Crippen LogP contribution in [0.15, 0.2) is 42.0 Å². The van der Waals surface area contributed by atoms with Crippen molar-refractivity contribution in [2.45, 2.75) is 38.1 Å². The SMILES string of the molecule is C[C@H]1C[C@H](N)C[C@@H](c2ccncc2NC(=O)c2csc(-c3c(F)cccc3F)n2)C1. The summed E-state index contributed by atoms with van der Waals surface area (Å²) < 4.78 is 28.0. The van der Waals surface area contributed by atoms with Gasteiger partial charge in [0.1, 0.15) is 22.3 Å². The van der Waals surface area contributed by atoms with Crippen LogP contribution in [0, 0.1) is 17.6 Å². The van der Waals surface area contributed by atoms with Gasteiger partial charge in [-0.15, -0.1) is 11.3 Å². The average Bonchev–Trinajstić information content (AvgIpc) is 3.17. The molecule has 1 aliphatic rings. The van der Waals surface area contributed by atoms with Crippen molar-refractivity contribution in [3.05, 3.63) is 64.9 Å². The molecule has 2 aromatic heterocycles. The second kappa shape index (κ2) is 8.57. The number of anilines is 1. The molecule has 4 rings (SSSR count). The molecule has 1 aromatic carbocycles. The zero-order valence-corrected chi connectivity index (χ0v) is 17.3. The van der Waals surface area contributed by atoms with Crippen molar-refractivity contribution < 1.29 is 13.6 Å². The first-order valence-electron chi connectivity index (χ1n) is 9.83. The molecule has 0 saturated heterocycles. The number of hydrogen-bond acceptors (Lipinski definition) is 5. The minimum absolute atomic E-state index is 0.0983. The molecule has 3 aromatic rings. The Labute approximate surface area is 177 Å². The van der Waals surface area contributed by atoms with Crippen molar-refractivity contribution in [1.29, 1.82) is 0 Å². The summed E-state index contributed by atoms with van der Waals surface area (Å²) in [5.41, 5.74) is 7.68. The molecule has 0 spiro atoms. The van der Waals surface area contributed by atoms with Crippen molar-refractivity contribution in [2.24, 2.45) is 11.7 Å². The minimum atomic E-state index is -0.714. The zero-order chi connectivity index (χ0) is 21.3. The molecule has 1 saturated carbocycles. The number of hydrogen-bond donors (Lipinski definition) is 2. The van der Waals surface area contributed by atoms with Crippen LogP contribution in [-0.2, 0) is 0 Å². The second-order valence-corrected chi connectivity index (χ2v) is 8.68. The molecule has 0 aliphatic heterocycles. The second-order valence-electron chi connectivity index (χ2n) is 7.82. The van der Waals surface area contributed by atoms with Gasteiger partial charge in [-0.2, -0.15) is 0 Å². The Balaban J connectivity index is 1.57. The van der Waals surface area contributed by atoms with Gasteiger partial charge in [0, 0.05) is 17.6 Å². The summed E-state index contributed by atoms with van der Waals surface area (Å²) in [6.07, 6.45) is 6.16. The van der Waals surface area contributed by atoms with E-state index in [1.165, 1.54) is 11.4 Å². The first-order valence-corrected chi connectivity index (χ1v) is 10.7. The van der Waals surface area contributed by atoms with Gasteiger partial charge in [-0.3, -0.25) is 9.78 Å². The highest BCUT2D eigenvalue weighted by Crippen LogP contribution is 2.38. The highest BCUT2D eigenvalue weighted by Gasteiger charge is 2.27. The molecule has 8 heteroatoms. The van der Waals surface area contributed by atoms with Crippen LogP contribution in [0.5, 0.6) is 0 Å². The monoisotopic (exact) mass is 428 g/mol. The lowest BCUT2D eigenvalue weighted by atomic mass is 9.76. The fraction of sp³-hybridized carbons (Fsp3) is 0.318. The number of nitrogens with two attached hydrogens (primary N) is 1. The molecule has 30 heavy (non-hydrogen) atoms. The van der Waals surface area contributed by atoms with Gasteiger partial charge in [-0.05, 0) is 54.9 Å². The molecular formula is C22H22F2N4OS. The van der Waals surface area contributed by atoms with Crippen LogP contribution in [0.3, 0.4) is 0 Å². The van der Waals surface area contributed by atoms with E-state index in [-0.39, 0.29) is 28.2 Å². The van der Waals surface area contributed by atoms with E-state index in [1.807, 2.05) is 6.07 Å². The van der Waals surface area contributed by atoms with E-state index in [0.717, 1.165) is 48.3 Å². The Morgan fingerprint density at radius 2 is 1.97 bits per heavy atom. The molecule has 2 heterocycles. The number of carbonyl (C=O) groups is 1. The van der Waals surface area contributed by atoms with Crippen LogP contribution in [-0.4, -0.2) is 21.9 Å². The molecule has 0 unspecified atom stereocenters. The van der Waals surface area contributed by atoms with Gasteiger partial charge in [-0.25, -0.2) is 13.8 Å². The molecule has 3 atom stereocenters. The molecule has 0 bridgehead atoms. The first-order chi connectivity index (χ1) is 14.4. The highest BCUT2D eigenvalue weighted by molar-refractivity contribution is 7.13. The van der Waals surface area contributed by atoms with Gasteiger partial charge in [0.15, 0.2) is 0 Å². The summed E-state index contributed by atoms with van der Waals surface area (Å²) >= 11 is 1.02. The van der Waals surface area contributed by atoms with Crippen LogP contribution < -0.4 is 11.1 Å². The number of benzene rings is 1. The summed E-state index contributed by atoms with van der Waals surface area (Å²) in [5, 5.41) is 4.47. The van der Waals surface area contributed by atoms with Crippen molar-refractivity contribution in [3.8, 4) is 10.6 Å². The van der Waals surface area contributed by atoms with Crippen LogP contribution >= 0.6 is 11.3 Å². The van der Waals surface area contributed by atoms with Gasteiger partial charge in [0.25, 0.3) is 5.91 Å². The largest absolute Gasteiger partial charge is 0.328 e. The van der Waals surface area contributed by atoms with Gasteiger partial charge in [0.05, 0.1) is 17.4 Å². The maximum absolute atomic E-state index is 14.0. The number of carbonyl (C=O) groups excluding carboxylic acids is 1. The number of halogens is 2. The van der Waals surface area contributed by atoms with Crippen molar-refractivity contribution in [2.75, 3.05) is 5.32 Å². The number of aromatic nitrogens is 2. The van der Waals surface area contributed by atoms with Crippen molar-refractivity contribution in [3.63, 3.8) is 0 Å². The highest BCUT2D eigenvalue weighted by atomic mass is 32.1. The Morgan fingerprint density at radius 3 is 2.70 bits per heavy atom. The lowest BCUT2D eigenvalue weighted by Gasteiger charge is -2.32. The Morgan fingerprint density at radius 1 is 1.20 bits per heavy atom. The zero-order valence-electron chi connectivity index (χ0n) is 16.4. The van der Waals surface area contributed by atoms with E-state index in [2.05, 4.69) is 22.2 Å². The number of rotatable bonds is 4. The quantitative estimate of drug-likeness (QED) is 0.615. The summed E-state index contributed by atoms with van der Waals surface area (Å²) in [4.78, 5) is 21.1. The van der Waals surface area contributed by atoms with Gasteiger partial charge < -0.3 is 11.1 Å². The number of nitrogens with zero attached hydrogens (tertiary/aromatic N) is 2. The van der Waals surface area contributed by atoms with Gasteiger partial charge in [-0.1, -0.05) is 13.0 Å². The molecule has 156 valence electrons. The smallest absolute Gasteiger partial charge is 0.275 e. The lowest BCUT2D eigenvalue weighted by Crippen LogP contribution is -2.31. The number of nitrogens with one attached hydrogen (secondary N) is 1. The molecule has 0 radical (unpaired) electrons. The lowest BCUT2D eigenvalue weighted by molar-refractivity contribution is 0.102. The summed E-state index contributed by atoms with van der Waals surface area (Å²) in [6.45, 7) is 2.18. The number of thiazole rings is 1. The Kier molecular flexibility index (Phi) is 5.87. The van der Waals surface area contributed by atoms with Crippen LogP contribution in [0.4, 0.5) is 14.5 Å². The topological polar surface area (TPSA) is 80.9 Å². The van der Waals surface area contributed by atoms with E-state index in [0.29, 0.717) is 11.6 Å². The minimum Gasteiger partial charge on any atom is -0.328 e. The van der Waals surface area contributed by atoms with Gasteiger partial charge >= 0.3 is 0 Å². The molecule has 1 amide bonds. The van der Waals surface area contributed by atoms with E-state index in [1.54, 1.807) is 12.4 Å². The molecule has 1 aliphatic carbocycles. The Bertz CT molecular complexity index is 1040. The predicted octanol–water partition coefficient (Wildman–Crippen LogP) is 4.97. The number of amides is 1. The third-order valence-corrected chi connectivity index (χ3v) is 6.30. The van der Waals surface area contributed by atoms with E-state index in [4.69, 9.17) is 5.73 Å². The van der Waals surface area contributed by atoms with Crippen LogP contribution in [0.25, 0.3) is 10.6 Å². The molecule has 1 fully saturated rings.